The van der Waals surface area contributed by atoms with Crippen LogP contribution in [-0.2, 0) is 4.79 Å². The number of hydrogen-bond donors (Lipinski definition) is 1. The van der Waals surface area contributed by atoms with E-state index < -0.39 is 0 Å². The molecule has 1 aromatic rings. The highest BCUT2D eigenvalue weighted by molar-refractivity contribution is 14.1. The number of benzene rings is 1. The molecule has 0 heterocycles. The average Bonchev–Trinajstić information content (AvgIpc) is 2.34. The monoisotopic (exact) mass is 363 g/mol. The number of hydrogen-bond acceptors (Lipinski definition) is 2. The van der Waals surface area contributed by atoms with Crippen LogP contribution in [-0.4, -0.2) is 22.1 Å². The third kappa shape index (κ3) is 5.77. The van der Waals surface area contributed by atoms with E-state index in [0.29, 0.717) is 11.7 Å². The number of thioether (sulfide) groups is 1. The number of carbonyl (C=O) groups is 1. The molecule has 17 heavy (non-hydrogen) atoms. The Morgan fingerprint density at radius 3 is 2.53 bits per heavy atom. The smallest absolute Gasteiger partial charge is 0.230 e. The molecule has 0 fully saturated rings. The maximum absolute atomic E-state index is 11.8. The fourth-order valence-corrected chi connectivity index (χ4v) is 3.27. The molecule has 1 aromatic carbocycles. The fraction of sp³-hybridized carbons (Fsp3) is 0.462. The van der Waals surface area contributed by atoms with Gasteiger partial charge in [0.05, 0.1) is 5.75 Å². The molecule has 0 aliphatic heterocycles. The topological polar surface area (TPSA) is 29.1 Å². The molecule has 94 valence electrons. The van der Waals surface area contributed by atoms with Crippen LogP contribution in [0.25, 0.3) is 0 Å². The predicted molar refractivity (Wildman–Crippen MR) is 82.8 cm³/mol. The van der Waals surface area contributed by atoms with E-state index in [1.165, 1.54) is 0 Å². The fourth-order valence-electron chi connectivity index (χ4n) is 1.30. The summed E-state index contributed by atoms with van der Waals surface area (Å²) in [6.45, 7) is 4.27. The van der Waals surface area contributed by atoms with Crippen LogP contribution in [0.15, 0.2) is 35.2 Å². The van der Waals surface area contributed by atoms with Gasteiger partial charge in [-0.25, -0.2) is 0 Å². The molecular formula is C13H18INOS. The van der Waals surface area contributed by atoms with Crippen molar-refractivity contribution in [2.45, 2.75) is 24.8 Å². The van der Waals surface area contributed by atoms with Crippen molar-refractivity contribution < 1.29 is 4.79 Å². The molecule has 0 radical (unpaired) electrons. The number of nitrogens with one attached hydrogen (secondary N) is 1. The number of halogens is 1. The molecule has 1 rings (SSSR count). The largest absolute Gasteiger partial charge is 0.352 e. The minimum atomic E-state index is 0.120. The zero-order valence-corrected chi connectivity index (χ0v) is 13.1. The van der Waals surface area contributed by atoms with Crippen LogP contribution in [0.5, 0.6) is 0 Å². The van der Waals surface area contributed by atoms with Crippen molar-refractivity contribution in [2.24, 2.45) is 5.92 Å². The molecule has 1 N–H and O–H groups in total. The Morgan fingerprint density at radius 1 is 1.35 bits per heavy atom. The first kappa shape index (κ1) is 14.8. The molecule has 1 amide bonds. The third-order valence-corrected chi connectivity index (χ3v) is 4.39. The summed E-state index contributed by atoms with van der Waals surface area (Å²) in [6, 6.07) is 10.3. The van der Waals surface area contributed by atoms with Crippen LogP contribution in [0.2, 0.25) is 0 Å². The van der Waals surface area contributed by atoms with Crippen molar-refractivity contribution in [3.63, 3.8) is 0 Å². The Bertz CT molecular complexity index is 343. The Balaban J connectivity index is 2.35. The molecule has 1 atom stereocenters. The van der Waals surface area contributed by atoms with Crippen molar-refractivity contribution in [2.75, 3.05) is 10.2 Å². The first-order valence-corrected chi connectivity index (χ1v) is 8.17. The number of carbonyl (C=O) groups excluding carboxylic acids is 1. The second-order valence-electron chi connectivity index (χ2n) is 4.17. The van der Waals surface area contributed by atoms with Gasteiger partial charge in [-0.3, -0.25) is 4.79 Å². The van der Waals surface area contributed by atoms with Gasteiger partial charge in [-0.15, -0.1) is 11.8 Å². The van der Waals surface area contributed by atoms with Gasteiger partial charge in [-0.2, -0.15) is 0 Å². The van der Waals surface area contributed by atoms with E-state index in [2.05, 4.69) is 41.8 Å². The zero-order valence-electron chi connectivity index (χ0n) is 10.2. The quantitative estimate of drug-likeness (QED) is 0.477. The van der Waals surface area contributed by atoms with Gasteiger partial charge in [0, 0.05) is 15.4 Å². The first-order valence-electron chi connectivity index (χ1n) is 5.66. The minimum Gasteiger partial charge on any atom is -0.352 e. The lowest BCUT2D eigenvalue weighted by molar-refractivity contribution is -0.119. The van der Waals surface area contributed by atoms with Crippen LogP contribution >= 0.6 is 34.4 Å². The SMILES string of the molecule is CC(C)C(CI)NC(=O)CSc1ccccc1. The van der Waals surface area contributed by atoms with E-state index >= 15 is 0 Å². The lowest BCUT2D eigenvalue weighted by Crippen LogP contribution is -2.40. The molecule has 0 spiro atoms. The predicted octanol–water partition coefficient (Wildman–Crippen LogP) is 3.35. The van der Waals surface area contributed by atoms with E-state index in [1.54, 1.807) is 11.8 Å². The highest BCUT2D eigenvalue weighted by Crippen LogP contribution is 2.16. The normalized spacial score (nSPS) is 12.5. The maximum Gasteiger partial charge on any atom is 0.230 e. The second kappa shape index (κ2) is 7.97. The summed E-state index contributed by atoms with van der Waals surface area (Å²) in [5.41, 5.74) is 0. The summed E-state index contributed by atoms with van der Waals surface area (Å²) in [5, 5.41) is 3.07. The summed E-state index contributed by atoms with van der Waals surface area (Å²) in [4.78, 5) is 12.9. The summed E-state index contributed by atoms with van der Waals surface area (Å²) < 4.78 is 0.956. The van der Waals surface area contributed by atoms with Gasteiger partial charge in [0.15, 0.2) is 0 Å². The number of rotatable bonds is 6. The van der Waals surface area contributed by atoms with Gasteiger partial charge in [-0.05, 0) is 18.1 Å². The molecule has 0 saturated heterocycles. The Hall–Kier alpha value is -0.230. The Morgan fingerprint density at radius 2 is 2.00 bits per heavy atom. The number of alkyl halides is 1. The van der Waals surface area contributed by atoms with Gasteiger partial charge in [0.2, 0.25) is 5.91 Å². The van der Waals surface area contributed by atoms with Crippen LogP contribution in [0, 0.1) is 5.92 Å². The van der Waals surface area contributed by atoms with Gasteiger partial charge >= 0.3 is 0 Å². The summed E-state index contributed by atoms with van der Waals surface area (Å²) in [6.07, 6.45) is 0. The van der Waals surface area contributed by atoms with E-state index in [-0.39, 0.29) is 11.9 Å². The molecular weight excluding hydrogens is 345 g/mol. The molecule has 4 heteroatoms. The molecule has 0 bridgehead atoms. The summed E-state index contributed by atoms with van der Waals surface area (Å²) >= 11 is 3.89. The zero-order chi connectivity index (χ0) is 12.7. The van der Waals surface area contributed by atoms with Crippen LogP contribution in [0.3, 0.4) is 0 Å². The summed E-state index contributed by atoms with van der Waals surface area (Å²) in [5.74, 6) is 1.09. The number of amides is 1. The van der Waals surface area contributed by atoms with Crippen molar-refractivity contribution in [1.29, 1.82) is 0 Å². The third-order valence-electron chi connectivity index (χ3n) is 2.43. The van der Waals surface area contributed by atoms with Crippen LogP contribution in [0.1, 0.15) is 13.8 Å². The van der Waals surface area contributed by atoms with Crippen LogP contribution in [0.4, 0.5) is 0 Å². The molecule has 0 saturated carbocycles. The van der Waals surface area contributed by atoms with Crippen molar-refractivity contribution in [3.05, 3.63) is 30.3 Å². The molecule has 2 nitrogen and oxygen atoms in total. The molecule has 0 aromatic heterocycles. The van der Waals surface area contributed by atoms with E-state index in [4.69, 9.17) is 0 Å². The standard InChI is InChI=1S/C13H18INOS/c1-10(2)12(8-14)15-13(16)9-17-11-6-4-3-5-7-11/h3-7,10,12H,8-9H2,1-2H3,(H,15,16). The maximum atomic E-state index is 11.8. The van der Waals surface area contributed by atoms with Gasteiger partial charge in [-0.1, -0.05) is 54.6 Å². The summed E-state index contributed by atoms with van der Waals surface area (Å²) in [7, 11) is 0. The van der Waals surface area contributed by atoms with E-state index in [9.17, 15) is 4.79 Å². The minimum absolute atomic E-state index is 0.120. The van der Waals surface area contributed by atoms with Crippen molar-refractivity contribution in [1.82, 2.24) is 5.32 Å². The van der Waals surface area contributed by atoms with Gasteiger partial charge in [0.25, 0.3) is 0 Å². The molecule has 0 aliphatic carbocycles. The second-order valence-corrected chi connectivity index (χ2v) is 6.10. The van der Waals surface area contributed by atoms with E-state index in [0.717, 1.165) is 9.32 Å². The van der Waals surface area contributed by atoms with Crippen molar-refractivity contribution >= 4 is 40.3 Å². The lowest BCUT2D eigenvalue weighted by atomic mass is 10.1. The van der Waals surface area contributed by atoms with Crippen LogP contribution < -0.4 is 5.32 Å². The molecule has 0 aliphatic rings. The Labute approximate surface area is 121 Å². The first-order chi connectivity index (χ1) is 8.13. The highest BCUT2D eigenvalue weighted by atomic mass is 127. The van der Waals surface area contributed by atoms with Gasteiger partial charge in [0.1, 0.15) is 0 Å². The van der Waals surface area contributed by atoms with Gasteiger partial charge < -0.3 is 5.32 Å². The average molecular weight is 363 g/mol. The van der Waals surface area contributed by atoms with E-state index in [1.807, 2.05) is 30.3 Å². The highest BCUT2D eigenvalue weighted by Gasteiger charge is 2.14. The molecule has 1 unspecified atom stereocenters. The van der Waals surface area contributed by atoms with Crippen molar-refractivity contribution in [3.8, 4) is 0 Å². The lowest BCUT2D eigenvalue weighted by Gasteiger charge is -2.19. The Kier molecular flexibility index (Phi) is 6.96.